The second-order valence-electron chi connectivity index (χ2n) is 6.22. The number of carbonyl (C=O) groups excluding carboxylic acids is 1. The molecule has 0 aliphatic carbocycles. The summed E-state index contributed by atoms with van der Waals surface area (Å²) in [6.45, 7) is 0. The number of aromatic nitrogens is 4. The van der Waals surface area contributed by atoms with Gasteiger partial charge >= 0.3 is 0 Å². The van der Waals surface area contributed by atoms with Crippen molar-refractivity contribution >= 4 is 28.9 Å². The lowest BCUT2D eigenvalue weighted by Gasteiger charge is -2.05. The Morgan fingerprint density at radius 1 is 1.13 bits per heavy atom. The van der Waals surface area contributed by atoms with Crippen LogP contribution in [0.2, 0.25) is 0 Å². The number of non-ortho nitro benzene ring substituents is 1. The Bertz CT molecular complexity index is 1240. The van der Waals surface area contributed by atoms with Gasteiger partial charge in [-0.1, -0.05) is 23.9 Å². The van der Waals surface area contributed by atoms with E-state index >= 15 is 0 Å². The zero-order chi connectivity index (χ0) is 21.1. The molecule has 30 heavy (non-hydrogen) atoms. The molecule has 0 aliphatic rings. The summed E-state index contributed by atoms with van der Waals surface area (Å²) in [4.78, 5) is 22.8. The zero-order valence-corrected chi connectivity index (χ0v) is 16.6. The summed E-state index contributed by atoms with van der Waals surface area (Å²) in [7, 11) is 1.61. The molecule has 10 heteroatoms. The van der Waals surface area contributed by atoms with E-state index in [1.54, 1.807) is 23.8 Å². The lowest BCUT2D eigenvalue weighted by atomic mass is 10.1. The predicted octanol–water partition coefficient (Wildman–Crippen LogP) is 3.68. The third-order valence-electron chi connectivity index (χ3n) is 4.33. The Morgan fingerprint density at radius 2 is 1.93 bits per heavy atom. The molecule has 2 aromatic carbocycles. The fraction of sp³-hybridized carbons (Fsp3) is 0.100. The van der Waals surface area contributed by atoms with Crippen molar-refractivity contribution in [2.75, 3.05) is 12.9 Å². The molecule has 0 radical (unpaired) electrons. The molecule has 0 unspecified atom stereocenters. The van der Waals surface area contributed by atoms with E-state index in [9.17, 15) is 14.9 Å². The van der Waals surface area contributed by atoms with Crippen molar-refractivity contribution < 1.29 is 14.5 Å². The van der Waals surface area contributed by atoms with Gasteiger partial charge in [0.2, 0.25) is 5.16 Å². The van der Waals surface area contributed by atoms with Crippen LogP contribution in [0.15, 0.2) is 65.8 Å². The van der Waals surface area contributed by atoms with Gasteiger partial charge in [-0.25, -0.2) is 0 Å². The first-order valence-electron chi connectivity index (χ1n) is 8.82. The minimum Gasteiger partial charge on any atom is -0.497 e. The summed E-state index contributed by atoms with van der Waals surface area (Å²) in [5.74, 6) is 0.558. The second-order valence-corrected chi connectivity index (χ2v) is 7.16. The summed E-state index contributed by atoms with van der Waals surface area (Å²) < 4.78 is 6.75. The van der Waals surface area contributed by atoms with Crippen LogP contribution in [0.5, 0.6) is 5.75 Å². The lowest BCUT2D eigenvalue weighted by Crippen LogP contribution is -2.04. The number of methoxy groups -OCH3 is 1. The molecule has 4 rings (SSSR count). The average molecular weight is 421 g/mol. The van der Waals surface area contributed by atoms with E-state index < -0.39 is 4.92 Å². The van der Waals surface area contributed by atoms with Crippen molar-refractivity contribution in [3.05, 3.63) is 76.3 Å². The van der Waals surface area contributed by atoms with Gasteiger partial charge in [0.1, 0.15) is 5.75 Å². The molecule has 2 aromatic heterocycles. The molecular weight excluding hydrogens is 406 g/mol. The van der Waals surface area contributed by atoms with Gasteiger partial charge in [0.05, 0.1) is 23.5 Å². The average Bonchev–Trinajstić information content (AvgIpc) is 3.19. The molecular formula is C20H15N5O4S. The predicted molar refractivity (Wildman–Crippen MR) is 111 cm³/mol. The quantitative estimate of drug-likeness (QED) is 0.192. The summed E-state index contributed by atoms with van der Waals surface area (Å²) in [6, 6.07) is 16.8. The number of ether oxygens (including phenoxy) is 1. The summed E-state index contributed by atoms with van der Waals surface area (Å²) in [5.41, 5.74) is 2.33. The molecule has 0 spiro atoms. The number of carbonyl (C=O) groups is 1. The Balaban J connectivity index is 1.55. The van der Waals surface area contributed by atoms with Gasteiger partial charge in [-0.3, -0.25) is 14.9 Å². The number of benzene rings is 2. The fourth-order valence-electron chi connectivity index (χ4n) is 2.78. The number of ketones is 1. The van der Waals surface area contributed by atoms with Crippen molar-refractivity contribution in [2.24, 2.45) is 0 Å². The highest BCUT2D eigenvalue weighted by atomic mass is 32.2. The fourth-order valence-corrected chi connectivity index (χ4v) is 3.56. The first-order chi connectivity index (χ1) is 14.5. The van der Waals surface area contributed by atoms with E-state index in [1.165, 1.54) is 30.0 Å². The van der Waals surface area contributed by atoms with Crippen molar-refractivity contribution in [1.29, 1.82) is 0 Å². The van der Waals surface area contributed by atoms with Gasteiger partial charge in [0, 0.05) is 23.3 Å². The number of fused-ring (bicyclic) bond motifs is 1. The summed E-state index contributed by atoms with van der Waals surface area (Å²) >= 11 is 1.17. The van der Waals surface area contributed by atoms with Gasteiger partial charge < -0.3 is 4.74 Å². The normalized spacial score (nSPS) is 10.8. The van der Waals surface area contributed by atoms with Crippen LogP contribution in [-0.2, 0) is 0 Å². The zero-order valence-electron chi connectivity index (χ0n) is 15.8. The van der Waals surface area contributed by atoms with Crippen LogP contribution < -0.4 is 4.74 Å². The Hall–Kier alpha value is -3.79. The van der Waals surface area contributed by atoms with E-state index in [4.69, 9.17) is 4.74 Å². The van der Waals surface area contributed by atoms with E-state index in [1.807, 2.05) is 30.3 Å². The number of thioether (sulfide) groups is 1. The first-order valence-corrected chi connectivity index (χ1v) is 9.81. The minimum absolute atomic E-state index is 0.0520. The van der Waals surface area contributed by atoms with Gasteiger partial charge in [0.25, 0.3) is 5.69 Å². The largest absolute Gasteiger partial charge is 0.497 e. The number of hydrogen-bond donors (Lipinski definition) is 0. The molecule has 9 nitrogen and oxygen atoms in total. The van der Waals surface area contributed by atoms with Crippen LogP contribution in [0.25, 0.3) is 16.9 Å². The molecule has 150 valence electrons. The molecule has 0 fully saturated rings. The molecule has 0 bridgehead atoms. The number of nitro benzene ring substituents is 1. The van der Waals surface area contributed by atoms with E-state index in [-0.39, 0.29) is 22.8 Å². The molecule has 0 saturated heterocycles. The standard InChI is InChI=1S/C20H15N5O4S/c1-29-16-7-5-13(6-8-16)17-9-10-19-21-22-20(24(19)23-17)30-12-18(26)14-3-2-4-15(11-14)25(27)28/h2-11H,12H2,1H3. The van der Waals surface area contributed by atoms with Crippen molar-refractivity contribution in [1.82, 2.24) is 19.8 Å². The van der Waals surface area contributed by atoms with Gasteiger partial charge in [-0.2, -0.15) is 9.61 Å². The molecule has 0 N–H and O–H groups in total. The van der Waals surface area contributed by atoms with Crippen LogP contribution in [0.1, 0.15) is 10.4 Å². The van der Waals surface area contributed by atoms with Crippen molar-refractivity contribution in [3.63, 3.8) is 0 Å². The molecule has 0 aliphatic heterocycles. The molecule has 2 heterocycles. The molecule has 0 atom stereocenters. The number of nitro groups is 1. The topological polar surface area (TPSA) is 113 Å². The van der Waals surface area contributed by atoms with Crippen LogP contribution in [0.4, 0.5) is 5.69 Å². The van der Waals surface area contributed by atoms with Crippen molar-refractivity contribution in [3.8, 4) is 17.0 Å². The Labute approximate surface area is 174 Å². The molecule has 4 aromatic rings. The van der Waals surface area contributed by atoms with Crippen molar-refractivity contribution in [2.45, 2.75) is 5.16 Å². The van der Waals surface area contributed by atoms with Crippen LogP contribution in [0.3, 0.4) is 0 Å². The van der Waals surface area contributed by atoms with Gasteiger partial charge in [0.15, 0.2) is 11.4 Å². The Kier molecular flexibility index (Phi) is 5.40. The highest BCUT2D eigenvalue weighted by molar-refractivity contribution is 7.99. The SMILES string of the molecule is COc1ccc(-c2ccc3nnc(SCC(=O)c4cccc([N+](=O)[O-])c4)n3n2)cc1. The smallest absolute Gasteiger partial charge is 0.270 e. The maximum absolute atomic E-state index is 12.5. The second kappa shape index (κ2) is 8.29. The number of Topliss-reactive ketones (excluding diaryl/α,β-unsaturated/α-hetero) is 1. The van der Waals surface area contributed by atoms with Gasteiger partial charge in [-0.05, 0) is 36.4 Å². The van der Waals surface area contributed by atoms with Gasteiger partial charge in [-0.15, -0.1) is 10.2 Å². The monoisotopic (exact) mass is 421 g/mol. The molecule has 0 amide bonds. The highest BCUT2D eigenvalue weighted by Gasteiger charge is 2.15. The number of nitrogens with zero attached hydrogens (tertiary/aromatic N) is 5. The number of rotatable bonds is 7. The van der Waals surface area contributed by atoms with Crippen LogP contribution >= 0.6 is 11.8 Å². The van der Waals surface area contributed by atoms with Crippen LogP contribution in [-0.4, -0.2) is 43.4 Å². The number of hydrogen-bond acceptors (Lipinski definition) is 8. The van der Waals surface area contributed by atoms with E-state index in [0.29, 0.717) is 10.8 Å². The first kappa shape index (κ1) is 19.5. The summed E-state index contributed by atoms with van der Waals surface area (Å²) in [6.07, 6.45) is 0. The van der Waals surface area contributed by atoms with Crippen LogP contribution in [0, 0.1) is 10.1 Å². The van der Waals surface area contributed by atoms with E-state index in [2.05, 4.69) is 15.3 Å². The molecule has 0 saturated carbocycles. The highest BCUT2D eigenvalue weighted by Crippen LogP contribution is 2.23. The summed E-state index contributed by atoms with van der Waals surface area (Å²) in [5, 5.41) is 24.1. The Morgan fingerprint density at radius 3 is 2.67 bits per heavy atom. The lowest BCUT2D eigenvalue weighted by molar-refractivity contribution is -0.384. The maximum Gasteiger partial charge on any atom is 0.270 e. The van der Waals surface area contributed by atoms with E-state index in [0.717, 1.165) is 17.0 Å². The third-order valence-corrected chi connectivity index (χ3v) is 5.25. The minimum atomic E-state index is -0.527. The maximum atomic E-state index is 12.5. The third kappa shape index (κ3) is 3.98.